The predicted molar refractivity (Wildman–Crippen MR) is 308 cm³/mol. The normalized spacial score (nSPS) is 13.9. The maximum atomic E-state index is 12.5. The molecule has 3 N–H and O–H groups in total. The summed E-state index contributed by atoms with van der Waals surface area (Å²) >= 11 is 0. The molecule has 1 amide bonds. The minimum absolute atomic E-state index is 0.0873. The molecular weight excluding hydrogens is 843 g/mol. The fraction of sp³-hybridized carbons (Fsp3) is 0.646. The highest BCUT2D eigenvalue weighted by molar-refractivity contribution is 5.76. The van der Waals surface area contributed by atoms with Crippen LogP contribution in [0.5, 0.6) is 0 Å². The zero-order valence-corrected chi connectivity index (χ0v) is 45.0. The summed E-state index contributed by atoms with van der Waals surface area (Å²) in [4.78, 5) is 12.5. The van der Waals surface area contributed by atoms with Crippen molar-refractivity contribution in [2.75, 3.05) is 6.61 Å². The smallest absolute Gasteiger partial charge is 0.220 e. The largest absolute Gasteiger partial charge is 0.394 e. The zero-order valence-electron chi connectivity index (χ0n) is 45.0. The summed E-state index contributed by atoms with van der Waals surface area (Å²) in [5.74, 6) is -0.0873. The van der Waals surface area contributed by atoms with Gasteiger partial charge in [0.1, 0.15) is 0 Å². The van der Waals surface area contributed by atoms with E-state index in [-0.39, 0.29) is 12.5 Å². The number of rotatable bonds is 51. The number of carbonyl (C=O) groups is 1. The van der Waals surface area contributed by atoms with Gasteiger partial charge in [0.05, 0.1) is 18.8 Å². The van der Waals surface area contributed by atoms with Crippen LogP contribution in [0.25, 0.3) is 0 Å². The van der Waals surface area contributed by atoms with Crippen molar-refractivity contribution in [3.63, 3.8) is 0 Å². The number of allylic oxidation sites excluding steroid dienone is 21. The fourth-order valence-corrected chi connectivity index (χ4v) is 7.99. The standard InChI is InChI=1S/C65H109NO3/c1-3-5-7-9-11-13-15-17-19-21-23-25-27-28-29-30-31-32-33-34-35-36-37-38-39-41-43-45-47-49-51-53-55-57-59-61-65(69)66-63(62-67)64(68)60-58-56-54-52-50-48-46-44-42-40-26-24-22-20-18-16-14-12-10-8-6-4-2/h5,7,11,13,17,19,23,25,28-29,31-32,34-35,37-38,42,44,50,52,58,60,63-64,67-68H,3-4,6,8-10,12,14-16,18,20-22,24,26-27,30,33,36,39-41,43,45-49,51,53-57,59,61-62H2,1-2H3,(H,66,69)/b7-5-,13-11-,19-17-,25-23-,29-28-,32-31-,35-34-,38-37-,44-42+,52-50+,60-58+. The van der Waals surface area contributed by atoms with E-state index in [1.807, 2.05) is 6.08 Å². The summed E-state index contributed by atoms with van der Waals surface area (Å²) in [6.07, 6.45) is 91.8. The summed E-state index contributed by atoms with van der Waals surface area (Å²) in [5, 5.41) is 23.1. The average Bonchev–Trinajstić information content (AvgIpc) is 3.35. The summed E-state index contributed by atoms with van der Waals surface area (Å²) in [7, 11) is 0. The van der Waals surface area contributed by atoms with E-state index < -0.39 is 12.1 Å². The molecule has 2 unspecified atom stereocenters. The molecule has 0 fully saturated rings. The Morgan fingerprint density at radius 3 is 1.01 bits per heavy atom. The second-order valence-electron chi connectivity index (χ2n) is 19.0. The Balaban J connectivity index is 3.64. The number of aliphatic hydroxyl groups is 2. The van der Waals surface area contributed by atoms with Crippen molar-refractivity contribution in [3.8, 4) is 0 Å². The molecule has 0 aromatic carbocycles. The van der Waals surface area contributed by atoms with E-state index in [4.69, 9.17) is 0 Å². The maximum Gasteiger partial charge on any atom is 0.220 e. The highest BCUT2D eigenvalue weighted by Gasteiger charge is 2.17. The van der Waals surface area contributed by atoms with Gasteiger partial charge in [0.15, 0.2) is 0 Å². The van der Waals surface area contributed by atoms with Crippen LogP contribution in [0.1, 0.15) is 251 Å². The third-order valence-corrected chi connectivity index (χ3v) is 12.3. The molecular formula is C65H109NO3. The number of hydrogen-bond acceptors (Lipinski definition) is 3. The fourth-order valence-electron chi connectivity index (χ4n) is 7.99. The minimum atomic E-state index is -0.882. The van der Waals surface area contributed by atoms with Crippen LogP contribution in [0.15, 0.2) is 134 Å². The molecule has 0 aliphatic rings. The van der Waals surface area contributed by atoms with Gasteiger partial charge >= 0.3 is 0 Å². The summed E-state index contributed by atoms with van der Waals surface area (Å²) < 4.78 is 0. The van der Waals surface area contributed by atoms with E-state index in [0.29, 0.717) is 6.42 Å². The topological polar surface area (TPSA) is 69.6 Å². The molecule has 4 heteroatoms. The Morgan fingerprint density at radius 2 is 0.652 bits per heavy atom. The Hall–Kier alpha value is -3.47. The summed E-state index contributed by atoms with van der Waals surface area (Å²) in [6.45, 7) is 4.18. The molecule has 0 aliphatic carbocycles. The van der Waals surface area contributed by atoms with Crippen molar-refractivity contribution in [2.45, 2.75) is 264 Å². The molecule has 69 heavy (non-hydrogen) atoms. The quantitative estimate of drug-likeness (QED) is 0.0420. The number of carbonyl (C=O) groups excluding carboxylic acids is 1. The van der Waals surface area contributed by atoms with Crippen LogP contribution < -0.4 is 5.32 Å². The number of hydrogen-bond donors (Lipinski definition) is 3. The van der Waals surface area contributed by atoms with Gasteiger partial charge in [-0.25, -0.2) is 0 Å². The van der Waals surface area contributed by atoms with E-state index in [9.17, 15) is 15.0 Å². The third-order valence-electron chi connectivity index (χ3n) is 12.3. The second kappa shape index (κ2) is 58.8. The van der Waals surface area contributed by atoms with Crippen molar-refractivity contribution in [3.05, 3.63) is 134 Å². The average molecular weight is 953 g/mol. The number of aliphatic hydroxyl groups excluding tert-OH is 2. The van der Waals surface area contributed by atoms with Crippen LogP contribution in [-0.4, -0.2) is 34.9 Å². The highest BCUT2D eigenvalue weighted by atomic mass is 16.3. The molecule has 0 bridgehead atoms. The molecule has 0 rings (SSSR count). The van der Waals surface area contributed by atoms with Crippen molar-refractivity contribution >= 4 is 5.91 Å². The number of unbranched alkanes of at least 4 members (excludes halogenated alkanes) is 24. The Kier molecular flexibility index (Phi) is 55.9. The van der Waals surface area contributed by atoms with E-state index in [1.54, 1.807) is 6.08 Å². The molecule has 392 valence electrons. The first-order valence-corrected chi connectivity index (χ1v) is 28.9. The second-order valence-corrected chi connectivity index (χ2v) is 19.0. The molecule has 0 saturated heterocycles. The SMILES string of the molecule is CC/C=C\C/C=C\C/C=C\C/C=C\C/C=C\C/C=C\C/C=C\C/C=C\CCCCCCCCCCCCC(=O)NC(CO)C(O)/C=C/CC/C=C/CC/C=C/CCCCCCCCCCCCCC. The highest BCUT2D eigenvalue weighted by Crippen LogP contribution is 2.14. The van der Waals surface area contributed by atoms with Crippen molar-refractivity contribution < 1.29 is 15.0 Å². The van der Waals surface area contributed by atoms with Crippen LogP contribution >= 0.6 is 0 Å². The first-order chi connectivity index (χ1) is 34.2. The third kappa shape index (κ3) is 55.3. The Morgan fingerprint density at radius 1 is 0.362 bits per heavy atom. The van der Waals surface area contributed by atoms with Gasteiger partial charge in [0.2, 0.25) is 5.91 Å². The molecule has 0 saturated carbocycles. The lowest BCUT2D eigenvalue weighted by molar-refractivity contribution is -0.123. The van der Waals surface area contributed by atoms with Crippen LogP contribution in [0.4, 0.5) is 0 Å². The van der Waals surface area contributed by atoms with Crippen LogP contribution in [0.3, 0.4) is 0 Å². The number of nitrogens with one attached hydrogen (secondary N) is 1. The van der Waals surface area contributed by atoms with Crippen LogP contribution in [-0.2, 0) is 4.79 Å². The van der Waals surface area contributed by atoms with Crippen LogP contribution in [0, 0.1) is 0 Å². The lowest BCUT2D eigenvalue weighted by Crippen LogP contribution is -2.45. The molecule has 0 radical (unpaired) electrons. The lowest BCUT2D eigenvalue weighted by atomic mass is 10.0. The van der Waals surface area contributed by atoms with Crippen molar-refractivity contribution in [1.29, 1.82) is 0 Å². The molecule has 0 heterocycles. The predicted octanol–water partition coefficient (Wildman–Crippen LogP) is 19.4. The van der Waals surface area contributed by atoms with E-state index in [2.05, 4.69) is 141 Å². The zero-order chi connectivity index (χ0) is 49.9. The van der Waals surface area contributed by atoms with E-state index in [1.165, 1.54) is 135 Å². The minimum Gasteiger partial charge on any atom is -0.394 e. The van der Waals surface area contributed by atoms with Gasteiger partial charge in [0, 0.05) is 6.42 Å². The molecule has 0 aromatic heterocycles. The summed E-state index contributed by atoms with van der Waals surface area (Å²) in [5.41, 5.74) is 0. The van der Waals surface area contributed by atoms with Gasteiger partial charge in [-0.3, -0.25) is 4.79 Å². The Labute approximate surface area is 428 Å². The first-order valence-electron chi connectivity index (χ1n) is 28.9. The Bertz CT molecular complexity index is 1400. The van der Waals surface area contributed by atoms with Gasteiger partial charge in [-0.1, -0.05) is 270 Å². The van der Waals surface area contributed by atoms with Gasteiger partial charge in [-0.2, -0.15) is 0 Å². The van der Waals surface area contributed by atoms with Gasteiger partial charge in [-0.05, 0) is 109 Å². The molecule has 0 spiro atoms. The monoisotopic (exact) mass is 952 g/mol. The molecule has 2 atom stereocenters. The first kappa shape index (κ1) is 65.5. The van der Waals surface area contributed by atoms with Crippen molar-refractivity contribution in [1.82, 2.24) is 5.32 Å². The maximum absolute atomic E-state index is 12.5. The summed E-state index contributed by atoms with van der Waals surface area (Å²) in [6, 6.07) is -0.658. The molecule has 0 aliphatic heterocycles. The van der Waals surface area contributed by atoms with Gasteiger partial charge in [0.25, 0.3) is 0 Å². The molecule has 0 aromatic rings. The van der Waals surface area contributed by atoms with E-state index >= 15 is 0 Å². The lowest BCUT2D eigenvalue weighted by Gasteiger charge is -2.19. The van der Waals surface area contributed by atoms with Gasteiger partial charge < -0.3 is 15.5 Å². The van der Waals surface area contributed by atoms with E-state index in [0.717, 1.165) is 96.3 Å². The van der Waals surface area contributed by atoms with Crippen molar-refractivity contribution in [2.24, 2.45) is 0 Å². The van der Waals surface area contributed by atoms with Crippen LogP contribution in [0.2, 0.25) is 0 Å². The molecule has 4 nitrogen and oxygen atoms in total. The van der Waals surface area contributed by atoms with Gasteiger partial charge in [-0.15, -0.1) is 0 Å². The number of amides is 1.